The lowest BCUT2D eigenvalue weighted by Gasteiger charge is -1.98. The summed E-state index contributed by atoms with van der Waals surface area (Å²) >= 11 is 5.87. The summed E-state index contributed by atoms with van der Waals surface area (Å²) in [6.45, 7) is -0.134. The SMILES string of the molecule is Cn1c(CC[O])nc2ccc(Cl)cc21. The van der Waals surface area contributed by atoms with Gasteiger partial charge in [0.2, 0.25) is 0 Å². The average molecular weight is 210 g/mol. The fraction of sp³-hybridized carbons (Fsp3) is 0.300. The molecule has 0 bridgehead atoms. The summed E-state index contributed by atoms with van der Waals surface area (Å²) in [5, 5.41) is 11.2. The highest BCUT2D eigenvalue weighted by molar-refractivity contribution is 6.31. The minimum atomic E-state index is -0.134. The van der Waals surface area contributed by atoms with Crippen LogP contribution in [0.4, 0.5) is 0 Å². The zero-order valence-corrected chi connectivity index (χ0v) is 8.58. The smallest absolute Gasteiger partial charge is 0.112 e. The Morgan fingerprint density at radius 2 is 2.29 bits per heavy atom. The molecule has 73 valence electrons. The second-order valence-electron chi connectivity index (χ2n) is 3.17. The third kappa shape index (κ3) is 1.49. The Kier molecular flexibility index (Phi) is 2.44. The normalized spacial score (nSPS) is 11.1. The highest BCUT2D eigenvalue weighted by atomic mass is 35.5. The summed E-state index contributed by atoms with van der Waals surface area (Å²) in [4.78, 5) is 4.35. The Morgan fingerprint density at radius 1 is 1.50 bits per heavy atom. The number of halogens is 1. The van der Waals surface area contributed by atoms with Gasteiger partial charge in [0.05, 0.1) is 17.6 Å². The van der Waals surface area contributed by atoms with Crippen molar-refractivity contribution in [1.82, 2.24) is 9.55 Å². The van der Waals surface area contributed by atoms with Crippen molar-refractivity contribution in [3.63, 3.8) is 0 Å². The Bertz CT molecular complexity index is 464. The first kappa shape index (κ1) is 9.49. The van der Waals surface area contributed by atoms with Gasteiger partial charge in [0, 0.05) is 18.5 Å². The number of aryl methyl sites for hydroxylation is 1. The number of hydrogen-bond donors (Lipinski definition) is 0. The van der Waals surface area contributed by atoms with Gasteiger partial charge in [-0.2, -0.15) is 0 Å². The first-order valence-corrected chi connectivity index (χ1v) is 4.79. The Hall–Kier alpha value is -1.06. The quantitative estimate of drug-likeness (QED) is 0.747. The number of hydrogen-bond acceptors (Lipinski definition) is 1. The van der Waals surface area contributed by atoms with Crippen molar-refractivity contribution in [2.45, 2.75) is 6.42 Å². The van der Waals surface area contributed by atoms with Crippen LogP contribution < -0.4 is 0 Å². The van der Waals surface area contributed by atoms with Crippen molar-refractivity contribution in [1.29, 1.82) is 0 Å². The maximum absolute atomic E-state index is 10.5. The van der Waals surface area contributed by atoms with Gasteiger partial charge < -0.3 is 4.57 Å². The first-order chi connectivity index (χ1) is 6.72. The molecule has 0 unspecified atom stereocenters. The zero-order chi connectivity index (χ0) is 10.1. The fourth-order valence-corrected chi connectivity index (χ4v) is 1.69. The Balaban J connectivity index is 2.62. The molecule has 1 heterocycles. The minimum absolute atomic E-state index is 0.134. The Labute approximate surface area is 86.9 Å². The van der Waals surface area contributed by atoms with E-state index >= 15 is 0 Å². The van der Waals surface area contributed by atoms with E-state index in [-0.39, 0.29) is 6.61 Å². The van der Waals surface area contributed by atoms with E-state index in [9.17, 15) is 5.11 Å². The van der Waals surface area contributed by atoms with Crippen LogP contribution in [0, 0.1) is 0 Å². The molecule has 14 heavy (non-hydrogen) atoms. The van der Waals surface area contributed by atoms with Crippen LogP contribution in [-0.2, 0) is 18.6 Å². The second kappa shape index (κ2) is 3.59. The zero-order valence-electron chi connectivity index (χ0n) is 7.83. The summed E-state index contributed by atoms with van der Waals surface area (Å²) in [5.74, 6) is 0.817. The molecular formula is C10H10ClN2O. The van der Waals surface area contributed by atoms with Gasteiger partial charge in [0.25, 0.3) is 0 Å². The lowest BCUT2D eigenvalue weighted by Crippen LogP contribution is -1.99. The highest BCUT2D eigenvalue weighted by Gasteiger charge is 2.07. The fourth-order valence-electron chi connectivity index (χ4n) is 1.53. The highest BCUT2D eigenvalue weighted by Crippen LogP contribution is 2.19. The number of benzene rings is 1. The number of aromatic nitrogens is 2. The summed E-state index contributed by atoms with van der Waals surface area (Å²) < 4.78 is 1.92. The summed E-state index contributed by atoms with van der Waals surface area (Å²) in [5.41, 5.74) is 1.86. The molecule has 0 aliphatic heterocycles. The van der Waals surface area contributed by atoms with Gasteiger partial charge in [-0.25, -0.2) is 10.1 Å². The van der Waals surface area contributed by atoms with Crippen LogP contribution in [0.1, 0.15) is 5.82 Å². The molecule has 1 aromatic carbocycles. The predicted molar refractivity (Wildman–Crippen MR) is 55.0 cm³/mol. The monoisotopic (exact) mass is 209 g/mol. The van der Waals surface area contributed by atoms with E-state index in [0.29, 0.717) is 11.4 Å². The molecule has 2 aromatic rings. The van der Waals surface area contributed by atoms with Crippen molar-refractivity contribution >= 4 is 22.6 Å². The number of nitrogens with zero attached hydrogens (tertiary/aromatic N) is 2. The standard InChI is InChI=1S/C10H10ClN2O/c1-13-9-6-7(11)2-3-8(9)12-10(13)4-5-14/h2-3,6H,4-5H2,1H3. The van der Waals surface area contributed by atoms with Gasteiger partial charge in [-0.05, 0) is 18.2 Å². The number of fused-ring (bicyclic) bond motifs is 1. The van der Waals surface area contributed by atoms with E-state index in [4.69, 9.17) is 11.6 Å². The summed E-state index contributed by atoms with van der Waals surface area (Å²) in [7, 11) is 1.90. The summed E-state index contributed by atoms with van der Waals surface area (Å²) in [6.07, 6.45) is 0.461. The number of rotatable bonds is 2. The third-order valence-corrected chi connectivity index (χ3v) is 2.50. The van der Waals surface area contributed by atoms with Gasteiger partial charge in [-0.1, -0.05) is 11.6 Å². The largest absolute Gasteiger partial charge is 0.331 e. The van der Waals surface area contributed by atoms with Gasteiger partial charge in [0.1, 0.15) is 5.82 Å². The van der Waals surface area contributed by atoms with E-state index in [0.717, 1.165) is 16.9 Å². The van der Waals surface area contributed by atoms with Crippen LogP contribution in [0.3, 0.4) is 0 Å². The van der Waals surface area contributed by atoms with Gasteiger partial charge in [-0.3, -0.25) is 0 Å². The van der Waals surface area contributed by atoms with E-state index in [1.165, 1.54) is 0 Å². The van der Waals surface area contributed by atoms with Crippen LogP contribution in [0.15, 0.2) is 18.2 Å². The van der Waals surface area contributed by atoms with Crippen molar-refractivity contribution in [3.8, 4) is 0 Å². The molecule has 0 atom stereocenters. The minimum Gasteiger partial charge on any atom is -0.331 e. The molecule has 1 radical (unpaired) electrons. The maximum Gasteiger partial charge on any atom is 0.112 e. The van der Waals surface area contributed by atoms with Crippen molar-refractivity contribution in [3.05, 3.63) is 29.0 Å². The van der Waals surface area contributed by atoms with E-state index in [1.54, 1.807) is 6.07 Å². The van der Waals surface area contributed by atoms with Crippen LogP contribution in [0.2, 0.25) is 5.02 Å². The molecule has 0 aliphatic rings. The molecule has 2 rings (SSSR count). The maximum atomic E-state index is 10.5. The molecule has 0 saturated heterocycles. The lowest BCUT2D eigenvalue weighted by atomic mass is 10.3. The van der Waals surface area contributed by atoms with E-state index in [2.05, 4.69) is 4.98 Å². The number of imidazole rings is 1. The molecule has 0 aliphatic carbocycles. The molecule has 0 N–H and O–H groups in total. The second-order valence-corrected chi connectivity index (χ2v) is 3.61. The van der Waals surface area contributed by atoms with Crippen molar-refractivity contribution < 1.29 is 5.11 Å². The van der Waals surface area contributed by atoms with Crippen molar-refractivity contribution in [2.75, 3.05) is 6.61 Å². The van der Waals surface area contributed by atoms with E-state index < -0.39 is 0 Å². The molecule has 3 nitrogen and oxygen atoms in total. The van der Waals surface area contributed by atoms with Gasteiger partial charge >= 0.3 is 0 Å². The van der Waals surface area contributed by atoms with Gasteiger partial charge in [-0.15, -0.1) is 0 Å². The molecule has 0 saturated carbocycles. The van der Waals surface area contributed by atoms with Crippen LogP contribution >= 0.6 is 11.6 Å². The van der Waals surface area contributed by atoms with Crippen LogP contribution in [0.25, 0.3) is 11.0 Å². The molecule has 0 amide bonds. The third-order valence-electron chi connectivity index (χ3n) is 2.26. The first-order valence-electron chi connectivity index (χ1n) is 4.41. The van der Waals surface area contributed by atoms with Crippen LogP contribution in [0.5, 0.6) is 0 Å². The van der Waals surface area contributed by atoms with E-state index in [1.807, 2.05) is 23.7 Å². The molecule has 1 aromatic heterocycles. The predicted octanol–water partition coefficient (Wildman–Crippen LogP) is 2.20. The molecule has 0 fully saturated rings. The van der Waals surface area contributed by atoms with Crippen molar-refractivity contribution in [2.24, 2.45) is 7.05 Å². The van der Waals surface area contributed by atoms with Crippen LogP contribution in [-0.4, -0.2) is 16.2 Å². The topological polar surface area (TPSA) is 37.7 Å². The molecule has 0 spiro atoms. The van der Waals surface area contributed by atoms with Gasteiger partial charge in [0.15, 0.2) is 0 Å². The Morgan fingerprint density at radius 3 is 3.00 bits per heavy atom. The lowest BCUT2D eigenvalue weighted by molar-refractivity contribution is 0.194. The molecular weight excluding hydrogens is 200 g/mol. The molecule has 4 heteroatoms. The average Bonchev–Trinajstić information content (AvgIpc) is 2.46. The summed E-state index contributed by atoms with van der Waals surface area (Å²) in [6, 6.07) is 5.53.